The average molecular weight is 285 g/mol. The maximum atomic E-state index is 10.1. The van der Waals surface area contributed by atoms with Gasteiger partial charge in [-0.1, -0.05) is 18.2 Å². The van der Waals surface area contributed by atoms with E-state index < -0.39 is 5.54 Å². The maximum Gasteiger partial charge on any atom is 0.142 e. The number of benzene rings is 1. The number of nitriles is 1. The number of piperazine rings is 1. The number of para-hydroxylation sites is 1. The van der Waals surface area contributed by atoms with E-state index in [-0.39, 0.29) is 5.60 Å². The summed E-state index contributed by atoms with van der Waals surface area (Å²) in [5, 5.41) is 10.1. The molecule has 0 aliphatic carbocycles. The number of hydrogen-bond acceptors (Lipinski definition) is 4. The summed E-state index contributed by atoms with van der Waals surface area (Å²) in [7, 11) is 2.14. The fourth-order valence-electron chi connectivity index (χ4n) is 3.58. The van der Waals surface area contributed by atoms with Crippen molar-refractivity contribution in [2.45, 2.75) is 31.4 Å². The molecular formula is C17H23N3O. The number of nitrogens with zero attached hydrogens (tertiary/aromatic N) is 3. The minimum Gasteiger partial charge on any atom is -0.487 e. The molecule has 0 amide bonds. The van der Waals surface area contributed by atoms with E-state index in [1.165, 1.54) is 0 Å². The summed E-state index contributed by atoms with van der Waals surface area (Å²) in [5.41, 5.74) is 0.129. The molecule has 4 nitrogen and oxygen atoms in total. The normalized spacial score (nSPS) is 29.2. The van der Waals surface area contributed by atoms with Crippen LogP contribution in [0.15, 0.2) is 24.3 Å². The van der Waals surface area contributed by atoms with Crippen molar-refractivity contribution < 1.29 is 4.74 Å². The molecule has 0 spiro atoms. The lowest BCUT2D eigenvalue weighted by atomic mass is 9.77. The molecule has 21 heavy (non-hydrogen) atoms. The predicted molar refractivity (Wildman–Crippen MR) is 82.1 cm³/mol. The van der Waals surface area contributed by atoms with Crippen LogP contribution in [0.5, 0.6) is 5.75 Å². The lowest BCUT2D eigenvalue weighted by molar-refractivity contribution is -0.0174. The zero-order chi connectivity index (χ0) is 15.1. The predicted octanol–water partition coefficient (Wildman–Crippen LogP) is 2.21. The van der Waals surface area contributed by atoms with E-state index in [1.54, 1.807) is 0 Å². The third-order valence-electron chi connectivity index (χ3n) is 4.63. The van der Waals surface area contributed by atoms with E-state index in [4.69, 9.17) is 4.74 Å². The third kappa shape index (κ3) is 2.41. The Hall–Kier alpha value is -1.57. The highest BCUT2D eigenvalue weighted by Gasteiger charge is 2.49. The summed E-state index contributed by atoms with van der Waals surface area (Å²) in [6, 6.07) is 10.7. The van der Waals surface area contributed by atoms with Gasteiger partial charge in [-0.2, -0.15) is 5.26 Å². The van der Waals surface area contributed by atoms with Crippen molar-refractivity contribution in [1.29, 1.82) is 5.26 Å². The van der Waals surface area contributed by atoms with E-state index >= 15 is 0 Å². The molecule has 4 heteroatoms. The van der Waals surface area contributed by atoms with Gasteiger partial charge in [-0.3, -0.25) is 4.90 Å². The Kier molecular flexibility index (Phi) is 3.43. The van der Waals surface area contributed by atoms with Crippen LogP contribution in [0.1, 0.15) is 25.8 Å². The quantitative estimate of drug-likeness (QED) is 0.793. The summed E-state index contributed by atoms with van der Waals surface area (Å²) < 4.78 is 6.10. The van der Waals surface area contributed by atoms with Crippen LogP contribution < -0.4 is 4.74 Å². The Morgan fingerprint density at radius 1 is 1.14 bits per heavy atom. The van der Waals surface area contributed by atoms with Crippen LogP contribution in [0.4, 0.5) is 0 Å². The molecular weight excluding hydrogens is 262 g/mol. The molecule has 0 bridgehead atoms. The van der Waals surface area contributed by atoms with Crippen molar-refractivity contribution in [2.75, 3.05) is 33.2 Å². The summed E-state index contributed by atoms with van der Waals surface area (Å²) in [4.78, 5) is 4.66. The second-order valence-corrected chi connectivity index (χ2v) is 6.80. The maximum absolute atomic E-state index is 10.1. The number of rotatable bonds is 1. The highest BCUT2D eigenvalue weighted by molar-refractivity contribution is 5.46. The number of hydrogen-bond donors (Lipinski definition) is 0. The minimum atomic E-state index is -0.570. The molecule has 0 aromatic heterocycles. The van der Waals surface area contributed by atoms with Crippen LogP contribution in [0.2, 0.25) is 0 Å². The van der Waals surface area contributed by atoms with Crippen molar-refractivity contribution in [1.82, 2.24) is 9.80 Å². The third-order valence-corrected chi connectivity index (χ3v) is 4.63. The highest BCUT2D eigenvalue weighted by atomic mass is 16.5. The number of likely N-dealkylation sites (N-methyl/N-ethyl adjacent to an activating group) is 1. The van der Waals surface area contributed by atoms with Gasteiger partial charge < -0.3 is 9.64 Å². The molecule has 1 aromatic rings. The van der Waals surface area contributed by atoms with Crippen molar-refractivity contribution in [2.24, 2.45) is 0 Å². The second-order valence-electron chi connectivity index (χ2n) is 6.80. The van der Waals surface area contributed by atoms with Crippen molar-refractivity contribution in [3.8, 4) is 11.8 Å². The van der Waals surface area contributed by atoms with E-state index in [0.29, 0.717) is 6.42 Å². The summed E-state index contributed by atoms with van der Waals surface area (Å²) >= 11 is 0. The second kappa shape index (κ2) is 5.01. The van der Waals surface area contributed by atoms with Gasteiger partial charge in [-0.25, -0.2) is 0 Å². The van der Waals surface area contributed by atoms with Gasteiger partial charge in [0, 0.05) is 38.2 Å². The van der Waals surface area contributed by atoms with Gasteiger partial charge in [-0.05, 0) is 27.0 Å². The summed E-state index contributed by atoms with van der Waals surface area (Å²) in [6.07, 6.45) is 0.706. The van der Waals surface area contributed by atoms with Crippen LogP contribution >= 0.6 is 0 Å². The van der Waals surface area contributed by atoms with E-state index in [0.717, 1.165) is 37.5 Å². The average Bonchev–Trinajstić information content (AvgIpc) is 2.46. The van der Waals surface area contributed by atoms with Gasteiger partial charge >= 0.3 is 0 Å². The van der Waals surface area contributed by atoms with Crippen LogP contribution in [0.25, 0.3) is 0 Å². The zero-order valence-electron chi connectivity index (χ0n) is 13.1. The van der Waals surface area contributed by atoms with E-state index in [9.17, 15) is 5.26 Å². The molecule has 2 heterocycles. The first-order valence-corrected chi connectivity index (χ1v) is 7.60. The lowest BCUT2D eigenvalue weighted by Crippen LogP contribution is -2.58. The van der Waals surface area contributed by atoms with Gasteiger partial charge in [0.1, 0.15) is 16.9 Å². The molecule has 0 saturated carbocycles. The molecule has 112 valence electrons. The Morgan fingerprint density at radius 2 is 1.81 bits per heavy atom. The first-order chi connectivity index (χ1) is 9.97. The molecule has 0 radical (unpaired) electrons. The van der Waals surface area contributed by atoms with Gasteiger partial charge in [-0.15, -0.1) is 0 Å². The molecule has 0 N–H and O–H groups in total. The van der Waals surface area contributed by atoms with Crippen molar-refractivity contribution in [3.05, 3.63) is 29.8 Å². The van der Waals surface area contributed by atoms with Crippen LogP contribution in [-0.4, -0.2) is 48.6 Å². The highest BCUT2D eigenvalue weighted by Crippen LogP contribution is 2.46. The molecule has 1 saturated heterocycles. The Bertz CT molecular complexity index is 570. The molecule has 1 unspecified atom stereocenters. The van der Waals surface area contributed by atoms with E-state index in [2.05, 4.69) is 36.8 Å². The molecule has 1 aromatic carbocycles. The van der Waals surface area contributed by atoms with Gasteiger partial charge in [0.25, 0.3) is 0 Å². The van der Waals surface area contributed by atoms with Gasteiger partial charge in [0.15, 0.2) is 0 Å². The van der Waals surface area contributed by atoms with Crippen molar-refractivity contribution >= 4 is 0 Å². The van der Waals surface area contributed by atoms with Gasteiger partial charge in [0.05, 0.1) is 6.07 Å². The standard InChI is InChI=1S/C17H23N3O/c1-16(2)12-17(13-18,20-10-8-19(3)9-11-20)14-6-4-5-7-15(14)21-16/h4-7H,8-12H2,1-3H3. The van der Waals surface area contributed by atoms with Crippen molar-refractivity contribution in [3.63, 3.8) is 0 Å². The Balaban J connectivity index is 2.06. The monoisotopic (exact) mass is 285 g/mol. The Morgan fingerprint density at radius 3 is 2.48 bits per heavy atom. The van der Waals surface area contributed by atoms with Gasteiger partial charge in [0.2, 0.25) is 0 Å². The molecule has 2 aliphatic heterocycles. The fourth-order valence-corrected chi connectivity index (χ4v) is 3.58. The van der Waals surface area contributed by atoms with Crippen LogP contribution in [0.3, 0.4) is 0 Å². The fraction of sp³-hybridized carbons (Fsp3) is 0.588. The van der Waals surface area contributed by atoms with Crippen LogP contribution in [-0.2, 0) is 5.54 Å². The molecule has 2 aliphatic rings. The lowest BCUT2D eigenvalue weighted by Gasteiger charge is -2.49. The minimum absolute atomic E-state index is 0.326. The summed E-state index contributed by atoms with van der Waals surface area (Å²) in [5.74, 6) is 0.856. The first-order valence-electron chi connectivity index (χ1n) is 7.60. The largest absolute Gasteiger partial charge is 0.487 e. The topological polar surface area (TPSA) is 39.5 Å². The molecule has 3 rings (SSSR count). The SMILES string of the molecule is CN1CCN(C2(C#N)CC(C)(C)Oc3ccccc32)CC1. The molecule has 1 atom stereocenters. The number of fused-ring (bicyclic) bond motifs is 1. The number of ether oxygens (including phenoxy) is 1. The van der Waals surface area contributed by atoms with E-state index in [1.807, 2.05) is 24.3 Å². The first kappa shape index (κ1) is 14.4. The summed E-state index contributed by atoms with van der Waals surface area (Å²) in [6.45, 7) is 8.01. The smallest absolute Gasteiger partial charge is 0.142 e. The van der Waals surface area contributed by atoms with Crippen LogP contribution in [0, 0.1) is 11.3 Å². The molecule has 1 fully saturated rings. The Labute approximate surface area is 126 Å². The zero-order valence-corrected chi connectivity index (χ0v) is 13.1.